The van der Waals surface area contributed by atoms with E-state index in [-0.39, 0.29) is 4.90 Å². The molecule has 126 valence electrons. The molecule has 6 heteroatoms. The van der Waals surface area contributed by atoms with Crippen LogP contribution < -0.4 is 4.74 Å². The number of sulfonamides is 1. The van der Waals surface area contributed by atoms with Crippen molar-refractivity contribution in [2.75, 3.05) is 14.2 Å². The average molecular weight is 344 g/mol. The van der Waals surface area contributed by atoms with Crippen LogP contribution in [0, 0.1) is 6.92 Å². The van der Waals surface area contributed by atoms with Crippen molar-refractivity contribution < 1.29 is 13.2 Å². The normalized spacial score (nSPS) is 12.0. The topological polar surface area (TPSA) is 62.4 Å². The van der Waals surface area contributed by atoms with Crippen molar-refractivity contribution in [1.82, 2.24) is 9.29 Å². The number of H-pyrrole nitrogens is 1. The average Bonchev–Trinajstić information content (AvgIpc) is 2.98. The zero-order valence-electron chi connectivity index (χ0n) is 13.9. The predicted octanol–water partition coefficient (Wildman–Crippen LogP) is 3.31. The van der Waals surface area contributed by atoms with Gasteiger partial charge in [0.1, 0.15) is 5.75 Å². The van der Waals surface area contributed by atoms with E-state index in [4.69, 9.17) is 4.74 Å². The fourth-order valence-corrected chi connectivity index (χ4v) is 4.01. The second-order valence-electron chi connectivity index (χ2n) is 5.75. The number of methoxy groups -OCH3 is 1. The van der Waals surface area contributed by atoms with Gasteiger partial charge >= 0.3 is 0 Å². The maximum atomic E-state index is 12.8. The number of aromatic amines is 1. The maximum Gasteiger partial charge on any atom is 0.243 e. The van der Waals surface area contributed by atoms with Gasteiger partial charge in [0.15, 0.2) is 0 Å². The lowest BCUT2D eigenvalue weighted by Gasteiger charge is -2.18. The van der Waals surface area contributed by atoms with E-state index in [0.29, 0.717) is 12.3 Å². The van der Waals surface area contributed by atoms with Gasteiger partial charge in [-0.25, -0.2) is 8.42 Å². The molecular formula is C18H20N2O3S. The first-order valence-electron chi connectivity index (χ1n) is 7.59. The van der Waals surface area contributed by atoms with Gasteiger partial charge in [-0.1, -0.05) is 18.2 Å². The Balaban J connectivity index is 1.90. The molecule has 0 amide bonds. The van der Waals surface area contributed by atoms with Gasteiger partial charge in [0.25, 0.3) is 0 Å². The molecule has 1 heterocycles. The van der Waals surface area contributed by atoms with Gasteiger partial charge in [-0.2, -0.15) is 4.31 Å². The highest BCUT2D eigenvalue weighted by molar-refractivity contribution is 7.89. The summed E-state index contributed by atoms with van der Waals surface area (Å²) in [7, 11) is -0.404. The number of aryl methyl sites for hydroxylation is 1. The number of nitrogens with zero attached hydrogens (tertiary/aromatic N) is 1. The Labute approximate surface area is 141 Å². The summed E-state index contributed by atoms with van der Waals surface area (Å²) >= 11 is 0. The second-order valence-corrected chi connectivity index (χ2v) is 7.80. The van der Waals surface area contributed by atoms with Crippen molar-refractivity contribution in [2.45, 2.75) is 18.4 Å². The molecule has 0 aliphatic rings. The Morgan fingerprint density at radius 1 is 1.17 bits per heavy atom. The molecule has 0 aliphatic heterocycles. The Bertz CT molecular complexity index is 977. The van der Waals surface area contributed by atoms with Crippen molar-refractivity contribution in [1.29, 1.82) is 0 Å². The van der Waals surface area contributed by atoms with E-state index in [1.807, 2.05) is 37.4 Å². The standard InChI is InChI=1S/C18H20N2O3S/c1-13-10-15(8-9-18(13)23-3)24(21,22)20(2)12-14-11-19-17-7-5-4-6-16(14)17/h4-11,19H,12H2,1-3H3. The number of fused-ring (bicyclic) bond motifs is 1. The van der Waals surface area contributed by atoms with E-state index in [9.17, 15) is 8.42 Å². The first-order chi connectivity index (χ1) is 11.4. The van der Waals surface area contributed by atoms with Crippen LogP contribution >= 0.6 is 0 Å². The molecule has 0 unspecified atom stereocenters. The number of hydrogen-bond donors (Lipinski definition) is 1. The van der Waals surface area contributed by atoms with Crippen LogP contribution in [0.1, 0.15) is 11.1 Å². The van der Waals surface area contributed by atoms with Crippen LogP contribution in [-0.2, 0) is 16.6 Å². The van der Waals surface area contributed by atoms with Crippen LogP contribution in [0.2, 0.25) is 0 Å². The monoisotopic (exact) mass is 344 g/mol. The number of para-hydroxylation sites is 1. The lowest BCUT2D eigenvalue weighted by Crippen LogP contribution is -2.26. The van der Waals surface area contributed by atoms with Gasteiger partial charge in [-0.15, -0.1) is 0 Å². The molecule has 0 atom stereocenters. The summed E-state index contributed by atoms with van der Waals surface area (Å²) < 4.78 is 32.2. The summed E-state index contributed by atoms with van der Waals surface area (Å²) in [5, 5.41) is 1.03. The zero-order chi connectivity index (χ0) is 17.3. The summed E-state index contributed by atoms with van der Waals surface area (Å²) in [5.41, 5.74) is 2.74. The summed E-state index contributed by atoms with van der Waals surface area (Å²) in [6, 6.07) is 12.7. The number of nitrogens with one attached hydrogen (secondary N) is 1. The molecule has 0 radical (unpaired) electrons. The van der Waals surface area contributed by atoms with E-state index in [1.165, 1.54) is 4.31 Å². The molecule has 0 fully saturated rings. The number of aromatic nitrogens is 1. The molecule has 0 aliphatic carbocycles. The van der Waals surface area contributed by atoms with Crippen LogP contribution in [-0.4, -0.2) is 31.9 Å². The van der Waals surface area contributed by atoms with Gasteiger partial charge < -0.3 is 9.72 Å². The molecule has 2 aromatic carbocycles. The molecule has 5 nitrogen and oxygen atoms in total. The molecule has 1 aromatic heterocycles. The lowest BCUT2D eigenvalue weighted by molar-refractivity contribution is 0.411. The third-order valence-corrected chi connectivity index (χ3v) is 5.94. The molecule has 0 saturated heterocycles. The summed E-state index contributed by atoms with van der Waals surface area (Å²) in [6.45, 7) is 2.13. The number of ether oxygens (including phenoxy) is 1. The predicted molar refractivity (Wildman–Crippen MR) is 94.7 cm³/mol. The molecule has 0 bridgehead atoms. The quantitative estimate of drug-likeness (QED) is 0.772. The lowest BCUT2D eigenvalue weighted by atomic mass is 10.2. The van der Waals surface area contributed by atoms with Crippen LogP contribution in [0.5, 0.6) is 5.75 Å². The molecule has 0 spiro atoms. The van der Waals surface area contributed by atoms with E-state index in [2.05, 4.69) is 4.98 Å². The highest BCUT2D eigenvalue weighted by Crippen LogP contribution is 2.25. The first-order valence-corrected chi connectivity index (χ1v) is 9.03. The molecule has 3 rings (SSSR count). The smallest absolute Gasteiger partial charge is 0.243 e. The minimum absolute atomic E-state index is 0.267. The van der Waals surface area contributed by atoms with Crippen LogP contribution in [0.15, 0.2) is 53.6 Å². The SMILES string of the molecule is COc1ccc(S(=O)(=O)N(C)Cc2c[nH]c3ccccc23)cc1C. The summed E-state index contributed by atoms with van der Waals surface area (Å²) in [6.07, 6.45) is 1.86. The van der Waals surface area contributed by atoms with Gasteiger partial charge in [-0.05, 0) is 42.3 Å². The third-order valence-electron chi connectivity index (χ3n) is 4.14. The second kappa shape index (κ2) is 6.30. The molecule has 1 N–H and O–H groups in total. The minimum atomic E-state index is -3.57. The fourth-order valence-electron chi connectivity index (χ4n) is 2.78. The minimum Gasteiger partial charge on any atom is -0.496 e. The Morgan fingerprint density at radius 3 is 2.62 bits per heavy atom. The molecule has 3 aromatic rings. The van der Waals surface area contributed by atoms with Crippen LogP contribution in [0.4, 0.5) is 0 Å². The fraction of sp³-hybridized carbons (Fsp3) is 0.222. The largest absolute Gasteiger partial charge is 0.496 e. The van der Waals surface area contributed by atoms with E-state index in [1.54, 1.807) is 32.4 Å². The molecule has 24 heavy (non-hydrogen) atoms. The molecular weight excluding hydrogens is 324 g/mol. The maximum absolute atomic E-state index is 12.8. The number of rotatable bonds is 5. The Kier molecular flexibility index (Phi) is 4.34. The van der Waals surface area contributed by atoms with E-state index < -0.39 is 10.0 Å². The van der Waals surface area contributed by atoms with Gasteiger partial charge in [0.2, 0.25) is 10.0 Å². The van der Waals surface area contributed by atoms with Gasteiger partial charge in [-0.3, -0.25) is 0 Å². The highest BCUT2D eigenvalue weighted by Gasteiger charge is 2.22. The van der Waals surface area contributed by atoms with Gasteiger partial charge in [0.05, 0.1) is 12.0 Å². The van der Waals surface area contributed by atoms with Gasteiger partial charge in [0, 0.05) is 30.7 Å². The van der Waals surface area contributed by atoms with E-state index in [0.717, 1.165) is 22.0 Å². The van der Waals surface area contributed by atoms with Crippen molar-refractivity contribution in [3.63, 3.8) is 0 Å². The number of benzene rings is 2. The Hall–Kier alpha value is -2.31. The highest BCUT2D eigenvalue weighted by atomic mass is 32.2. The number of hydrogen-bond acceptors (Lipinski definition) is 3. The summed E-state index contributed by atoms with van der Waals surface area (Å²) in [5.74, 6) is 0.674. The molecule has 0 saturated carbocycles. The van der Waals surface area contributed by atoms with Crippen molar-refractivity contribution in [3.05, 3.63) is 59.8 Å². The summed E-state index contributed by atoms with van der Waals surface area (Å²) in [4.78, 5) is 3.44. The van der Waals surface area contributed by atoms with Crippen LogP contribution in [0.3, 0.4) is 0 Å². The first kappa shape index (κ1) is 16.5. The van der Waals surface area contributed by atoms with E-state index >= 15 is 0 Å². The van der Waals surface area contributed by atoms with Crippen LogP contribution in [0.25, 0.3) is 10.9 Å². The third kappa shape index (κ3) is 2.90. The Morgan fingerprint density at radius 2 is 1.92 bits per heavy atom. The van der Waals surface area contributed by atoms with Crippen molar-refractivity contribution in [3.8, 4) is 5.75 Å². The van der Waals surface area contributed by atoms with Crippen molar-refractivity contribution in [2.24, 2.45) is 0 Å². The zero-order valence-corrected chi connectivity index (χ0v) is 14.7. The van der Waals surface area contributed by atoms with Crippen molar-refractivity contribution >= 4 is 20.9 Å².